The van der Waals surface area contributed by atoms with Crippen molar-refractivity contribution in [2.45, 2.75) is 13.0 Å². The Hall–Kier alpha value is -2.21. The van der Waals surface area contributed by atoms with Crippen LogP contribution in [-0.2, 0) is 0 Å². The van der Waals surface area contributed by atoms with E-state index in [2.05, 4.69) is 5.10 Å². The largest absolute Gasteiger partial charge is 0.389 e. The molecule has 1 N–H and O–H groups in total. The molecule has 0 aliphatic heterocycles. The molecule has 20 heavy (non-hydrogen) atoms. The first-order valence-electron chi connectivity index (χ1n) is 6.16. The lowest BCUT2D eigenvalue weighted by molar-refractivity contribution is 0.0821. The summed E-state index contributed by atoms with van der Waals surface area (Å²) in [5, 5.41) is 13.8. The monoisotopic (exact) mass is 277 g/mol. The summed E-state index contributed by atoms with van der Waals surface area (Å²) in [6.07, 6.45) is 0.598. The Morgan fingerprint density at radius 3 is 2.70 bits per heavy atom. The first-order valence-corrected chi connectivity index (χ1v) is 6.16. The van der Waals surface area contributed by atoms with E-state index < -0.39 is 11.9 Å². The van der Waals surface area contributed by atoms with Gasteiger partial charge in [0.05, 0.1) is 11.8 Å². The Bertz CT molecular complexity index is 635. The van der Waals surface area contributed by atoms with E-state index in [0.717, 1.165) is 0 Å². The molecule has 0 fully saturated rings. The Morgan fingerprint density at radius 2 is 2.10 bits per heavy atom. The van der Waals surface area contributed by atoms with Crippen LogP contribution in [-0.4, -0.2) is 39.8 Å². The van der Waals surface area contributed by atoms with Gasteiger partial charge in [0.15, 0.2) is 5.69 Å². The maximum Gasteiger partial charge on any atom is 0.273 e. The molecule has 1 aromatic heterocycles. The second kappa shape index (κ2) is 5.42. The number of carbonyl (C=O) groups is 1. The van der Waals surface area contributed by atoms with Crippen LogP contribution in [0.1, 0.15) is 29.1 Å². The average Bonchev–Trinajstić information content (AvgIpc) is 2.86. The first kappa shape index (κ1) is 14.2. The summed E-state index contributed by atoms with van der Waals surface area (Å²) >= 11 is 0. The van der Waals surface area contributed by atoms with Crippen molar-refractivity contribution >= 4 is 5.91 Å². The number of nitrogens with zero attached hydrogens (tertiary/aromatic N) is 3. The second-order valence-corrected chi connectivity index (χ2v) is 4.69. The van der Waals surface area contributed by atoms with E-state index in [0.29, 0.717) is 5.69 Å². The minimum Gasteiger partial charge on any atom is -0.389 e. The number of aliphatic hydroxyl groups excluding tert-OH is 1. The number of hydrogen-bond acceptors (Lipinski definition) is 3. The van der Waals surface area contributed by atoms with E-state index in [1.165, 1.54) is 28.6 Å². The quantitative estimate of drug-likeness (QED) is 0.930. The van der Waals surface area contributed by atoms with Gasteiger partial charge in [0, 0.05) is 25.9 Å². The van der Waals surface area contributed by atoms with Crippen LogP contribution >= 0.6 is 0 Å². The van der Waals surface area contributed by atoms with Crippen molar-refractivity contribution in [3.05, 3.63) is 47.5 Å². The third-order valence-corrected chi connectivity index (χ3v) is 2.91. The van der Waals surface area contributed by atoms with Gasteiger partial charge in [-0.15, -0.1) is 0 Å². The Balaban J connectivity index is 2.48. The molecule has 5 nitrogen and oxygen atoms in total. The highest BCUT2D eigenvalue weighted by Gasteiger charge is 2.17. The van der Waals surface area contributed by atoms with Crippen LogP contribution in [0.4, 0.5) is 4.39 Å². The molecule has 1 atom stereocenters. The van der Waals surface area contributed by atoms with Gasteiger partial charge in [-0.1, -0.05) is 6.07 Å². The van der Waals surface area contributed by atoms with Gasteiger partial charge in [-0.05, 0) is 25.1 Å². The maximum atomic E-state index is 13.8. The summed E-state index contributed by atoms with van der Waals surface area (Å²) in [7, 11) is 3.26. The molecule has 1 heterocycles. The molecule has 0 saturated carbocycles. The molecule has 2 aromatic rings. The standard InChI is InChI=1S/C14H16FN3O2/c1-9(19)13-10(15)5-4-6-12(13)18-8-7-11(16-18)14(20)17(2)3/h4-9,19H,1-3H3. The van der Waals surface area contributed by atoms with Crippen LogP contribution in [0.5, 0.6) is 0 Å². The second-order valence-electron chi connectivity index (χ2n) is 4.69. The zero-order valence-electron chi connectivity index (χ0n) is 11.5. The molecule has 0 bridgehead atoms. The fourth-order valence-electron chi connectivity index (χ4n) is 1.94. The molecule has 6 heteroatoms. The Morgan fingerprint density at radius 1 is 1.40 bits per heavy atom. The highest BCUT2D eigenvalue weighted by atomic mass is 19.1. The molecule has 1 amide bonds. The smallest absolute Gasteiger partial charge is 0.273 e. The first-order chi connectivity index (χ1) is 9.41. The number of aromatic nitrogens is 2. The molecule has 0 radical (unpaired) electrons. The van der Waals surface area contributed by atoms with Crippen molar-refractivity contribution < 1.29 is 14.3 Å². The third-order valence-electron chi connectivity index (χ3n) is 2.91. The van der Waals surface area contributed by atoms with Gasteiger partial charge in [-0.25, -0.2) is 9.07 Å². The Kier molecular flexibility index (Phi) is 3.85. The molecule has 0 aliphatic carbocycles. The molecule has 2 rings (SSSR count). The molecule has 1 aromatic carbocycles. The lowest BCUT2D eigenvalue weighted by Gasteiger charge is -2.13. The zero-order valence-corrected chi connectivity index (χ0v) is 11.5. The fraction of sp³-hybridized carbons (Fsp3) is 0.286. The highest BCUT2D eigenvalue weighted by Crippen LogP contribution is 2.24. The van der Waals surface area contributed by atoms with Crippen LogP contribution in [0.25, 0.3) is 5.69 Å². The predicted molar refractivity (Wildman–Crippen MR) is 72.2 cm³/mol. The van der Waals surface area contributed by atoms with Gasteiger partial charge in [-0.3, -0.25) is 4.79 Å². The fourth-order valence-corrected chi connectivity index (χ4v) is 1.94. The summed E-state index contributed by atoms with van der Waals surface area (Å²) in [5.74, 6) is -0.743. The molecule has 1 unspecified atom stereocenters. The molecule has 106 valence electrons. The van der Waals surface area contributed by atoms with Gasteiger partial charge in [0.1, 0.15) is 5.82 Å². The van der Waals surface area contributed by atoms with Crippen molar-refractivity contribution in [2.24, 2.45) is 0 Å². The van der Waals surface area contributed by atoms with Crippen molar-refractivity contribution in [3.8, 4) is 5.69 Å². The van der Waals surface area contributed by atoms with Gasteiger partial charge in [0.2, 0.25) is 0 Å². The van der Waals surface area contributed by atoms with E-state index in [9.17, 15) is 14.3 Å². The van der Waals surface area contributed by atoms with Gasteiger partial charge in [-0.2, -0.15) is 5.10 Å². The van der Waals surface area contributed by atoms with Crippen molar-refractivity contribution in [1.29, 1.82) is 0 Å². The van der Waals surface area contributed by atoms with E-state index in [4.69, 9.17) is 0 Å². The third kappa shape index (κ3) is 2.55. The lowest BCUT2D eigenvalue weighted by Crippen LogP contribution is -2.22. The predicted octanol–water partition coefficient (Wildman–Crippen LogP) is 1.77. The average molecular weight is 277 g/mol. The van der Waals surface area contributed by atoms with Crippen LogP contribution in [0, 0.1) is 5.82 Å². The number of rotatable bonds is 3. The summed E-state index contributed by atoms with van der Waals surface area (Å²) in [4.78, 5) is 13.2. The van der Waals surface area contributed by atoms with E-state index >= 15 is 0 Å². The summed E-state index contributed by atoms with van der Waals surface area (Å²) in [6.45, 7) is 1.48. The number of benzene rings is 1. The van der Waals surface area contributed by atoms with Gasteiger partial charge >= 0.3 is 0 Å². The number of amides is 1. The van der Waals surface area contributed by atoms with Gasteiger partial charge in [0.25, 0.3) is 5.91 Å². The minimum atomic E-state index is -0.969. The molecule has 0 aliphatic rings. The van der Waals surface area contributed by atoms with E-state index in [1.807, 2.05) is 0 Å². The number of halogens is 1. The van der Waals surface area contributed by atoms with Crippen molar-refractivity contribution in [3.63, 3.8) is 0 Å². The van der Waals surface area contributed by atoms with Crippen LogP contribution in [0.15, 0.2) is 30.5 Å². The molecule has 0 spiro atoms. The zero-order chi connectivity index (χ0) is 14.9. The Labute approximate surface area is 116 Å². The van der Waals surface area contributed by atoms with Gasteiger partial charge < -0.3 is 10.0 Å². The SMILES string of the molecule is CC(O)c1c(F)cccc1-n1ccc(C(=O)N(C)C)n1. The van der Waals surface area contributed by atoms with E-state index in [-0.39, 0.29) is 17.2 Å². The molecular formula is C14H16FN3O2. The van der Waals surface area contributed by atoms with Crippen LogP contribution < -0.4 is 0 Å². The normalized spacial score (nSPS) is 12.2. The number of hydrogen-bond donors (Lipinski definition) is 1. The summed E-state index contributed by atoms with van der Waals surface area (Å²) in [5.41, 5.74) is 0.827. The maximum absolute atomic E-state index is 13.8. The highest BCUT2D eigenvalue weighted by molar-refractivity contribution is 5.91. The van der Waals surface area contributed by atoms with Crippen molar-refractivity contribution in [1.82, 2.24) is 14.7 Å². The van der Waals surface area contributed by atoms with Crippen LogP contribution in [0.2, 0.25) is 0 Å². The van der Waals surface area contributed by atoms with E-state index in [1.54, 1.807) is 32.4 Å². The summed E-state index contributed by atoms with van der Waals surface area (Å²) < 4.78 is 15.2. The number of aliphatic hydroxyl groups is 1. The van der Waals surface area contributed by atoms with Crippen molar-refractivity contribution in [2.75, 3.05) is 14.1 Å². The molecular weight excluding hydrogens is 261 g/mol. The molecule has 0 saturated heterocycles. The number of carbonyl (C=O) groups excluding carboxylic acids is 1. The van der Waals surface area contributed by atoms with Crippen LogP contribution in [0.3, 0.4) is 0 Å². The summed E-state index contributed by atoms with van der Waals surface area (Å²) in [6, 6.07) is 6.01. The lowest BCUT2D eigenvalue weighted by atomic mass is 10.1. The topological polar surface area (TPSA) is 58.4 Å². The minimum absolute atomic E-state index is 0.152.